The summed E-state index contributed by atoms with van der Waals surface area (Å²) in [4.78, 5) is 8.95. The first-order chi connectivity index (χ1) is 6.22. The minimum atomic E-state index is 0.375. The van der Waals surface area contributed by atoms with Crippen molar-refractivity contribution in [1.82, 2.24) is 0 Å². The number of methoxy groups -OCH3 is 1. The quantitative estimate of drug-likeness (QED) is 0.485. The van der Waals surface area contributed by atoms with Gasteiger partial charge in [0.1, 0.15) is 0 Å². The van der Waals surface area contributed by atoms with Crippen molar-refractivity contribution in [3.63, 3.8) is 0 Å². The van der Waals surface area contributed by atoms with Crippen LogP contribution in [-0.2, 0) is 9.53 Å². The lowest BCUT2D eigenvalue weighted by atomic mass is 9.89. The molecule has 0 saturated heterocycles. The van der Waals surface area contributed by atoms with E-state index in [2.05, 4.69) is 30.4 Å². The SMILES string of the molecule is C=C(C)C1CC=CCC1.COC=O. The molecule has 13 heavy (non-hydrogen) atoms. The molecule has 74 valence electrons. The van der Waals surface area contributed by atoms with E-state index in [-0.39, 0.29) is 0 Å². The molecule has 0 heterocycles. The van der Waals surface area contributed by atoms with Gasteiger partial charge in [-0.15, -0.1) is 0 Å². The number of hydrogen-bond acceptors (Lipinski definition) is 2. The van der Waals surface area contributed by atoms with Crippen LogP contribution in [0.3, 0.4) is 0 Å². The average molecular weight is 182 g/mol. The number of carbonyl (C=O) groups is 1. The molecule has 2 nitrogen and oxygen atoms in total. The van der Waals surface area contributed by atoms with E-state index in [1.54, 1.807) is 0 Å². The molecule has 0 bridgehead atoms. The van der Waals surface area contributed by atoms with E-state index in [0.717, 1.165) is 5.92 Å². The zero-order valence-electron chi connectivity index (χ0n) is 8.45. The van der Waals surface area contributed by atoms with Gasteiger partial charge in [-0.1, -0.05) is 24.3 Å². The number of hydrogen-bond donors (Lipinski definition) is 0. The first-order valence-corrected chi connectivity index (χ1v) is 4.49. The van der Waals surface area contributed by atoms with Crippen molar-refractivity contribution in [2.24, 2.45) is 5.92 Å². The van der Waals surface area contributed by atoms with Crippen LogP contribution >= 0.6 is 0 Å². The van der Waals surface area contributed by atoms with E-state index in [1.165, 1.54) is 31.9 Å². The molecule has 1 rings (SSSR count). The van der Waals surface area contributed by atoms with Crippen LogP contribution in [0.25, 0.3) is 0 Å². The highest BCUT2D eigenvalue weighted by Crippen LogP contribution is 2.23. The predicted octanol–water partition coefficient (Wildman–Crippen LogP) is 2.71. The number of carbonyl (C=O) groups excluding carboxylic acids is 1. The summed E-state index contributed by atoms with van der Waals surface area (Å²) in [7, 11) is 1.31. The van der Waals surface area contributed by atoms with Gasteiger partial charge in [-0.25, -0.2) is 0 Å². The van der Waals surface area contributed by atoms with Crippen molar-refractivity contribution in [2.45, 2.75) is 26.2 Å². The van der Waals surface area contributed by atoms with E-state index < -0.39 is 0 Å². The number of allylic oxidation sites excluding steroid dienone is 3. The van der Waals surface area contributed by atoms with Gasteiger partial charge in [-0.05, 0) is 32.1 Å². The van der Waals surface area contributed by atoms with Gasteiger partial charge in [0.2, 0.25) is 0 Å². The largest absolute Gasteiger partial charge is 0.471 e. The molecule has 1 aliphatic rings. The van der Waals surface area contributed by atoms with Crippen molar-refractivity contribution < 1.29 is 9.53 Å². The molecule has 1 aliphatic carbocycles. The van der Waals surface area contributed by atoms with Gasteiger partial charge in [0.15, 0.2) is 0 Å². The Morgan fingerprint density at radius 1 is 1.62 bits per heavy atom. The van der Waals surface area contributed by atoms with Gasteiger partial charge in [-0.2, -0.15) is 0 Å². The van der Waals surface area contributed by atoms with Gasteiger partial charge in [0, 0.05) is 0 Å². The summed E-state index contributed by atoms with van der Waals surface area (Å²) in [6.45, 7) is 6.45. The molecule has 0 aromatic carbocycles. The van der Waals surface area contributed by atoms with Crippen LogP contribution in [-0.4, -0.2) is 13.6 Å². The zero-order valence-corrected chi connectivity index (χ0v) is 8.45. The minimum Gasteiger partial charge on any atom is -0.471 e. The molecule has 0 N–H and O–H groups in total. The van der Waals surface area contributed by atoms with E-state index in [0.29, 0.717) is 6.47 Å². The molecule has 0 radical (unpaired) electrons. The Labute approximate surface area is 80.3 Å². The Kier molecular flexibility index (Phi) is 6.98. The van der Waals surface area contributed by atoms with Gasteiger partial charge in [-0.3, -0.25) is 4.79 Å². The van der Waals surface area contributed by atoms with E-state index in [1.807, 2.05) is 0 Å². The van der Waals surface area contributed by atoms with Gasteiger partial charge in [0.25, 0.3) is 6.47 Å². The maximum Gasteiger partial charge on any atom is 0.292 e. The first-order valence-electron chi connectivity index (χ1n) is 4.49. The molecule has 1 unspecified atom stereocenters. The van der Waals surface area contributed by atoms with Crippen LogP contribution in [0.15, 0.2) is 24.3 Å². The molecular formula is C11H18O2. The second-order valence-electron chi connectivity index (χ2n) is 3.16. The van der Waals surface area contributed by atoms with Crippen LogP contribution in [0.4, 0.5) is 0 Å². The van der Waals surface area contributed by atoms with Gasteiger partial charge >= 0.3 is 0 Å². The predicted molar refractivity (Wildman–Crippen MR) is 54.4 cm³/mol. The lowest BCUT2D eigenvalue weighted by Crippen LogP contribution is -2.02. The van der Waals surface area contributed by atoms with Gasteiger partial charge in [0.05, 0.1) is 7.11 Å². The first kappa shape index (κ1) is 11.9. The molecule has 1 atom stereocenters. The number of rotatable bonds is 2. The van der Waals surface area contributed by atoms with Crippen LogP contribution in [0.2, 0.25) is 0 Å². The summed E-state index contributed by atoms with van der Waals surface area (Å²) in [6, 6.07) is 0. The van der Waals surface area contributed by atoms with E-state index >= 15 is 0 Å². The molecule has 0 aromatic rings. The fourth-order valence-corrected chi connectivity index (χ4v) is 1.24. The standard InChI is InChI=1S/C9H14.C2H4O2/c1-8(2)9-6-4-3-5-7-9;1-4-2-3/h3-4,9H,1,5-7H2,2H3;2H,1H3. The van der Waals surface area contributed by atoms with Gasteiger partial charge < -0.3 is 4.74 Å². The Bertz CT molecular complexity index is 183. The van der Waals surface area contributed by atoms with E-state index in [4.69, 9.17) is 4.79 Å². The van der Waals surface area contributed by atoms with Crippen LogP contribution < -0.4 is 0 Å². The minimum absolute atomic E-state index is 0.375. The molecule has 0 spiro atoms. The Morgan fingerprint density at radius 2 is 2.23 bits per heavy atom. The highest BCUT2D eigenvalue weighted by molar-refractivity contribution is 5.36. The third-order valence-electron chi connectivity index (χ3n) is 2.06. The Morgan fingerprint density at radius 3 is 2.46 bits per heavy atom. The van der Waals surface area contributed by atoms with Crippen LogP contribution in [0.1, 0.15) is 26.2 Å². The summed E-state index contributed by atoms with van der Waals surface area (Å²) >= 11 is 0. The Hall–Kier alpha value is -1.05. The average Bonchev–Trinajstić information content (AvgIpc) is 2.19. The second-order valence-corrected chi connectivity index (χ2v) is 3.16. The summed E-state index contributed by atoms with van der Waals surface area (Å²) in [5.41, 5.74) is 1.35. The fraction of sp³-hybridized carbons (Fsp3) is 0.545. The molecule has 0 aromatic heterocycles. The third-order valence-corrected chi connectivity index (χ3v) is 2.06. The van der Waals surface area contributed by atoms with Crippen molar-refractivity contribution in [3.8, 4) is 0 Å². The lowest BCUT2D eigenvalue weighted by Gasteiger charge is -2.16. The topological polar surface area (TPSA) is 26.3 Å². The Balaban J connectivity index is 0.000000310. The van der Waals surface area contributed by atoms with E-state index in [9.17, 15) is 0 Å². The van der Waals surface area contributed by atoms with Crippen molar-refractivity contribution >= 4 is 6.47 Å². The van der Waals surface area contributed by atoms with Crippen LogP contribution in [0.5, 0.6) is 0 Å². The molecule has 0 amide bonds. The molecule has 2 heteroatoms. The molecule has 0 saturated carbocycles. The molecule has 0 aliphatic heterocycles. The van der Waals surface area contributed by atoms with Crippen LogP contribution in [0, 0.1) is 5.92 Å². The highest BCUT2D eigenvalue weighted by Gasteiger charge is 2.08. The highest BCUT2D eigenvalue weighted by atomic mass is 16.5. The van der Waals surface area contributed by atoms with Crippen molar-refractivity contribution in [2.75, 3.05) is 7.11 Å². The monoisotopic (exact) mass is 182 g/mol. The molecule has 0 fully saturated rings. The zero-order chi connectivity index (χ0) is 10.1. The maximum atomic E-state index is 8.95. The molecular weight excluding hydrogens is 164 g/mol. The normalized spacial score (nSPS) is 19.7. The third kappa shape index (κ3) is 6.14. The number of ether oxygens (including phenoxy) is 1. The maximum absolute atomic E-state index is 8.95. The summed E-state index contributed by atoms with van der Waals surface area (Å²) in [6.07, 6.45) is 8.31. The summed E-state index contributed by atoms with van der Waals surface area (Å²) in [5, 5.41) is 0. The smallest absolute Gasteiger partial charge is 0.292 e. The summed E-state index contributed by atoms with van der Waals surface area (Å²) < 4.78 is 3.86. The fourth-order valence-electron chi connectivity index (χ4n) is 1.24. The van der Waals surface area contributed by atoms with Crippen molar-refractivity contribution in [1.29, 1.82) is 0 Å². The summed E-state index contributed by atoms with van der Waals surface area (Å²) in [5.74, 6) is 0.773. The lowest BCUT2D eigenvalue weighted by molar-refractivity contribution is -0.126. The van der Waals surface area contributed by atoms with Crippen molar-refractivity contribution in [3.05, 3.63) is 24.3 Å². The second kappa shape index (κ2) is 7.59.